The van der Waals surface area contributed by atoms with Gasteiger partial charge >= 0.3 is 0 Å². The maximum absolute atomic E-state index is 11.8. The van der Waals surface area contributed by atoms with Crippen LogP contribution in [0.3, 0.4) is 0 Å². The summed E-state index contributed by atoms with van der Waals surface area (Å²) in [5, 5.41) is 2.63. The third kappa shape index (κ3) is 3.72. The van der Waals surface area contributed by atoms with E-state index in [0.29, 0.717) is 13.1 Å². The zero-order chi connectivity index (χ0) is 12.9. The van der Waals surface area contributed by atoms with Crippen molar-refractivity contribution in [3.8, 4) is 11.8 Å². The van der Waals surface area contributed by atoms with Crippen molar-refractivity contribution in [1.29, 1.82) is 0 Å². The molecule has 1 saturated heterocycles. The molecule has 1 atom stereocenters. The molecule has 1 unspecified atom stereocenters. The van der Waals surface area contributed by atoms with Crippen LogP contribution >= 0.6 is 0 Å². The molecule has 96 valence electrons. The van der Waals surface area contributed by atoms with Gasteiger partial charge in [0, 0.05) is 19.1 Å². The first-order chi connectivity index (χ1) is 8.01. The summed E-state index contributed by atoms with van der Waals surface area (Å²) in [5.41, 5.74) is 0. The lowest BCUT2D eigenvalue weighted by molar-refractivity contribution is -0.115. The summed E-state index contributed by atoms with van der Waals surface area (Å²) in [6, 6.07) is -0.123. The molecule has 5 nitrogen and oxygen atoms in total. The fourth-order valence-corrected chi connectivity index (χ4v) is 3.29. The monoisotopic (exact) mass is 258 g/mol. The number of carbonyl (C=O) groups excluding carboxylic acids is 1. The Labute approximate surface area is 103 Å². The van der Waals surface area contributed by atoms with Gasteiger partial charge in [0.2, 0.25) is 10.0 Å². The molecule has 0 spiro atoms. The molecule has 0 aromatic rings. The number of amides is 1. The summed E-state index contributed by atoms with van der Waals surface area (Å²) < 4.78 is 25.0. The normalized spacial score (nSPS) is 20.7. The van der Waals surface area contributed by atoms with Crippen molar-refractivity contribution in [2.75, 3.05) is 18.8 Å². The zero-order valence-corrected chi connectivity index (χ0v) is 11.0. The molecule has 1 fully saturated rings. The number of sulfonamides is 1. The van der Waals surface area contributed by atoms with Crippen LogP contribution in [0.5, 0.6) is 0 Å². The van der Waals surface area contributed by atoms with Gasteiger partial charge in [-0.05, 0) is 32.6 Å². The highest BCUT2D eigenvalue weighted by Gasteiger charge is 2.32. The quantitative estimate of drug-likeness (QED) is 0.718. The second-order valence-corrected chi connectivity index (χ2v) is 6.10. The summed E-state index contributed by atoms with van der Waals surface area (Å²) in [4.78, 5) is 11.2. The Kier molecular flexibility index (Phi) is 4.97. The van der Waals surface area contributed by atoms with E-state index in [1.54, 1.807) is 13.8 Å². The van der Waals surface area contributed by atoms with E-state index in [9.17, 15) is 13.2 Å². The van der Waals surface area contributed by atoms with E-state index in [2.05, 4.69) is 17.2 Å². The summed E-state index contributed by atoms with van der Waals surface area (Å²) in [5.74, 6) is 4.62. The van der Waals surface area contributed by atoms with E-state index in [0.717, 1.165) is 12.8 Å². The molecule has 1 N–H and O–H groups in total. The highest BCUT2D eigenvalue weighted by atomic mass is 32.2. The van der Waals surface area contributed by atoms with Gasteiger partial charge < -0.3 is 5.32 Å². The van der Waals surface area contributed by atoms with Crippen LogP contribution in [0.15, 0.2) is 0 Å². The molecule has 1 rings (SSSR count). The fraction of sp³-hybridized carbons (Fsp3) is 0.727. The molecule has 0 aliphatic carbocycles. The minimum Gasteiger partial charge on any atom is -0.344 e. The number of nitrogens with one attached hydrogen (secondary N) is 1. The van der Waals surface area contributed by atoms with Gasteiger partial charge in [0.25, 0.3) is 5.91 Å². The Morgan fingerprint density at radius 1 is 1.53 bits per heavy atom. The molecule has 0 aromatic carbocycles. The van der Waals surface area contributed by atoms with Crippen molar-refractivity contribution < 1.29 is 13.2 Å². The van der Waals surface area contributed by atoms with Gasteiger partial charge in [-0.3, -0.25) is 4.79 Å². The minimum atomic E-state index is -3.16. The van der Waals surface area contributed by atoms with Crippen LogP contribution in [0.2, 0.25) is 0 Å². The molecule has 0 radical (unpaired) electrons. The van der Waals surface area contributed by atoms with Crippen LogP contribution < -0.4 is 5.32 Å². The topological polar surface area (TPSA) is 66.5 Å². The minimum absolute atomic E-state index is 0.103. The van der Waals surface area contributed by atoms with E-state index in [-0.39, 0.29) is 17.7 Å². The fourth-order valence-electron chi connectivity index (χ4n) is 1.91. The van der Waals surface area contributed by atoms with E-state index in [1.807, 2.05) is 0 Å². The van der Waals surface area contributed by atoms with Crippen molar-refractivity contribution in [1.82, 2.24) is 9.62 Å². The van der Waals surface area contributed by atoms with Gasteiger partial charge in [0.1, 0.15) is 0 Å². The predicted octanol–water partition coefficient (Wildman–Crippen LogP) is -0.0600. The first kappa shape index (κ1) is 14.0. The highest BCUT2D eigenvalue weighted by molar-refractivity contribution is 7.89. The smallest absolute Gasteiger partial charge is 0.295 e. The Morgan fingerprint density at radius 3 is 2.82 bits per heavy atom. The number of rotatable bonds is 4. The number of carbonyl (C=O) groups is 1. The molecular weight excluding hydrogens is 240 g/mol. The van der Waals surface area contributed by atoms with Gasteiger partial charge in [0.05, 0.1) is 5.75 Å². The zero-order valence-electron chi connectivity index (χ0n) is 10.2. The van der Waals surface area contributed by atoms with Crippen LogP contribution in [-0.4, -0.2) is 43.5 Å². The van der Waals surface area contributed by atoms with Gasteiger partial charge in [0.15, 0.2) is 0 Å². The summed E-state index contributed by atoms with van der Waals surface area (Å²) in [7, 11) is -3.16. The molecule has 0 bridgehead atoms. The molecular formula is C11H18N2O3S. The molecule has 17 heavy (non-hydrogen) atoms. The Morgan fingerprint density at radius 2 is 2.24 bits per heavy atom. The first-order valence-electron chi connectivity index (χ1n) is 5.71. The molecule has 0 aromatic heterocycles. The maximum Gasteiger partial charge on any atom is 0.295 e. The van der Waals surface area contributed by atoms with Crippen LogP contribution in [0.4, 0.5) is 0 Å². The van der Waals surface area contributed by atoms with Gasteiger partial charge in [-0.2, -0.15) is 4.31 Å². The van der Waals surface area contributed by atoms with E-state index in [1.165, 1.54) is 4.31 Å². The summed E-state index contributed by atoms with van der Waals surface area (Å²) in [6.07, 6.45) is 1.64. The van der Waals surface area contributed by atoms with Crippen LogP contribution in [-0.2, 0) is 14.8 Å². The van der Waals surface area contributed by atoms with Gasteiger partial charge in [-0.15, -0.1) is 0 Å². The SMILES string of the molecule is CC#CC(=O)NCC1CCCN1S(=O)(=O)CC. The van der Waals surface area contributed by atoms with Gasteiger partial charge in [-0.1, -0.05) is 5.92 Å². The average molecular weight is 258 g/mol. The summed E-state index contributed by atoms with van der Waals surface area (Å²) >= 11 is 0. The molecule has 1 amide bonds. The lowest BCUT2D eigenvalue weighted by Gasteiger charge is -2.23. The number of hydrogen-bond donors (Lipinski definition) is 1. The van der Waals surface area contributed by atoms with Gasteiger partial charge in [-0.25, -0.2) is 8.42 Å². The average Bonchev–Trinajstić information content (AvgIpc) is 2.75. The number of hydrogen-bond acceptors (Lipinski definition) is 3. The van der Waals surface area contributed by atoms with Crippen molar-refractivity contribution in [2.24, 2.45) is 0 Å². The lowest BCUT2D eigenvalue weighted by atomic mass is 10.2. The molecule has 6 heteroatoms. The van der Waals surface area contributed by atoms with Crippen molar-refractivity contribution >= 4 is 15.9 Å². The standard InChI is InChI=1S/C11H18N2O3S/c1-3-6-11(14)12-9-10-7-5-8-13(10)17(15,16)4-2/h10H,4-5,7-9H2,1-2H3,(H,12,14). The van der Waals surface area contributed by atoms with Crippen molar-refractivity contribution in [3.63, 3.8) is 0 Å². The van der Waals surface area contributed by atoms with E-state index >= 15 is 0 Å². The molecule has 1 heterocycles. The molecule has 1 aliphatic heterocycles. The first-order valence-corrected chi connectivity index (χ1v) is 7.32. The largest absolute Gasteiger partial charge is 0.344 e. The Balaban J connectivity index is 2.58. The third-order valence-corrected chi connectivity index (χ3v) is 4.71. The van der Waals surface area contributed by atoms with E-state index < -0.39 is 10.0 Å². The van der Waals surface area contributed by atoms with Crippen molar-refractivity contribution in [3.05, 3.63) is 0 Å². The van der Waals surface area contributed by atoms with Crippen molar-refractivity contribution in [2.45, 2.75) is 32.7 Å². The Bertz CT molecular complexity index is 433. The second kappa shape index (κ2) is 6.03. The lowest BCUT2D eigenvalue weighted by Crippen LogP contribution is -2.43. The molecule has 0 saturated carbocycles. The van der Waals surface area contributed by atoms with Crippen LogP contribution in [0.25, 0.3) is 0 Å². The number of nitrogens with zero attached hydrogens (tertiary/aromatic N) is 1. The highest BCUT2D eigenvalue weighted by Crippen LogP contribution is 2.20. The van der Waals surface area contributed by atoms with Crippen LogP contribution in [0, 0.1) is 11.8 Å². The summed E-state index contributed by atoms with van der Waals surface area (Å²) in [6.45, 7) is 4.11. The second-order valence-electron chi connectivity index (χ2n) is 3.89. The molecule has 1 aliphatic rings. The Hall–Kier alpha value is -1.06. The van der Waals surface area contributed by atoms with E-state index in [4.69, 9.17) is 0 Å². The predicted molar refractivity (Wildman–Crippen MR) is 65.6 cm³/mol. The van der Waals surface area contributed by atoms with Crippen LogP contribution in [0.1, 0.15) is 26.7 Å². The third-order valence-electron chi connectivity index (χ3n) is 2.78. The maximum atomic E-state index is 11.8.